The van der Waals surface area contributed by atoms with E-state index in [4.69, 9.17) is 14.2 Å². The Labute approximate surface area is 243 Å². The molecule has 1 heterocycles. The lowest BCUT2D eigenvalue weighted by Gasteiger charge is -2.47. The number of ether oxygens (including phenoxy) is 3. The Morgan fingerprint density at radius 2 is 1.51 bits per heavy atom. The van der Waals surface area contributed by atoms with Gasteiger partial charge in [0.15, 0.2) is 11.5 Å². The van der Waals surface area contributed by atoms with Crippen LogP contribution in [0.2, 0.25) is 0 Å². The zero-order valence-corrected chi connectivity index (χ0v) is 23.7. The number of nitrogens with one attached hydrogen (secondary N) is 1. The number of halogens is 2. The van der Waals surface area contributed by atoms with Gasteiger partial charge in [-0.2, -0.15) is 0 Å². The third-order valence-electron chi connectivity index (χ3n) is 6.98. The highest BCUT2D eigenvalue weighted by Crippen LogP contribution is 2.51. The summed E-state index contributed by atoms with van der Waals surface area (Å²) in [7, 11) is 0. The normalized spacial score (nSPS) is 21.4. The molecule has 3 aromatic rings. The van der Waals surface area contributed by atoms with Crippen molar-refractivity contribution in [2.24, 2.45) is 5.92 Å². The zero-order chi connectivity index (χ0) is 29.3. The summed E-state index contributed by atoms with van der Waals surface area (Å²) in [5.74, 6) is -6.67. The van der Waals surface area contributed by atoms with Crippen molar-refractivity contribution in [1.82, 2.24) is 0 Å². The molecule has 2 aliphatic rings. The minimum absolute atomic E-state index is 0.0422. The number of ketones is 2. The molecular formula is C31H25BrFNO7. The van der Waals surface area contributed by atoms with Gasteiger partial charge in [0.05, 0.1) is 18.8 Å². The average Bonchev–Trinajstić information content (AvgIpc) is 2.97. The van der Waals surface area contributed by atoms with Crippen LogP contribution < -0.4 is 5.32 Å². The first kappa shape index (κ1) is 28.2. The van der Waals surface area contributed by atoms with Crippen LogP contribution in [0.4, 0.5) is 10.1 Å². The number of rotatable bonds is 7. The Balaban J connectivity index is 1.83. The van der Waals surface area contributed by atoms with Gasteiger partial charge in [-0.3, -0.25) is 14.4 Å². The maximum absolute atomic E-state index is 14.0. The van der Waals surface area contributed by atoms with Crippen LogP contribution in [-0.2, 0) is 23.8 Å². The number of anilines is 1. The van der Waals surface area contributed by atoms with Gasteiger partial charge in [-0.25, -0.2) is 9.18 Å². The van der Waals surface area contributed by atoms with Gasteiger partial charge in [0.2, 0.25) is 5.78 Å². The number of hydrogen-bond donors (Lipinski definition) is 1. The third-order valence-corrected chi connectivity index (χ3v) is 7.51. The van der Waals surface area contributed by atoms with Crippen molar-refractivity contribution in [2.45, 2.75) is 25.5 Å². The summed E-state index contributed by atoms with van der Waals surface area (Å²) in [5.41, 5.74) is -1.55. The van der Waals surface area contributed by atoms with Crippen LogP contribution in [0.15, 0.2) is 88.6 Å². The zero-order valence-electron chi connectivity index (χ0n) is 22.1. The van der Waals surface area contributed by atoms with Gasteiger partial charge in [-0.05, 0) is 55.8 Å². The third kappa shape index (κ3) is 4.93. The second-order valence-corrected chi connectivity index (χ2v) is 10.3. The highest BCUT2D eigenvalue weighted by atomic mass is 79.9. The SMILES string of the molecule is CCOC(=O)[C@H]1[C@H](c2ccc(Br)cc2)C2=C(O[C@]1(Nc1ccc(F)cc1)C(=O)OCC)C(=O)c1ccccc1C2=O. The highest BCUT2D eigenvalue weighted by Gasteiger charge is 2.64. The summed E-state index contributed by atoms with van der Waals surface area (Å²) < 4.78 is 31.6. The van der Waals surface area contributed by atoms with Gasteiger partial charge in [0.25, 0.3) is 5.72 Å². The molecule has 1 aliphatic heterocycles. The Morgan fingerprint density at radius 3 is 2.12 bits per heavy atom. The molecule has 0 saturated carbocycles. The predicted molar refractivity (Wildman–Crippen MR) is 150 cm³/mol. The number of carbonyl (C=O) groups is 4. The lowest BCUT2D eigenvalue weighted by atomic mass is 9.68. The van der Waals surface area contributed by atoms with E-state index in [0.717, 1.165) is 16.6 Å². The quantitative estimate of drug-likeness (QED) is 0.340. The van der Waals surface area contributed by atoms with Gasteiger partial charge >= 0.3 is 11.9 Å². The number of hydrogen-bond acceptors (Lipinski definition) is 8. The molecule has 5 rings (SSSR count). The molecular weight excluding hydrogens is 597 g/mol. The Kier molecular flexibility index (Phi) is 7.77. The number of fused-ring (bicyclic) bond motifs is 1. The molecule has 0 saturated heterocycles. The fourth-order valence-electron chi connectivity index (χ4n) is 5.25. The summed E-state index contributed by atoms with van der Waals surface area (Å²) in [5, 5.41) is 2.93. The van der Waals surface area contributed by atoms with Crippen LogP contribution >= 0.6 is 15.9 Å². The molecule has 3 aromatic carbocycles. The topological polar surface area (TPSA) is 108 Å². The Hall–Kier alpha value is -4.31. The second kappa shape index (κ2) is 11.3. The van der Waals surface area contributed by atoms with Crippen molar-refractivity contribution in [2.75, 3.05) is 18.5 Å². The van der Waals surface area contributed by atoms with E-state index in [1.54, 1.807) is 50.2 Å². The molecule has 0 fully saturated rings. The molecule has 0 spiro atoms. The lowest BCUT2D eigenvalue weighted by molar-refractivity contribution is -0.182. The minimum Gasteiger partial charge on any atom is -0.466 e. The molecule has 210 valence electrons. The summed E-state index contributed by atoms with van der Waals surface area (Å²) in [6.45, 7) is 3.05. The predicted octanol–water partition coefficient (Wildman–Crippen LogP) is 5.59. The van der Waals surface area contributed by atoms with Gasteiger partial charge in [0.1, 0.15) is 11.7 Å². The smallest absolute Gasteiger partial charge is 0.373 e. The first-order valence-electron chi connectivity index (χ1n) is 13.0. The van der Waals surface area contributed by atoms with Crippen molar-refractivity contribution < 1.29 is 37.8 Å². The Morgan fingerprint density at radius 1 is 0.902 bits per heavy atom. The number of benzene rings is 3. The van der Waals surface area contributed by atoms with Crippen LogP contribution in [-0.4, -0.2) is 42.4 Å². The molecule has 8 nitrogen and oxygen atoms in total. The highest BCUT2D eigenvalue weighted by molar-refractivity contribution is 9.10. The average molecular weight is 622 g/mol. The second-order valence-electron chi connectivity index (χ2n) is 9.40. The molecule has 0 aromatic heterocycles. The monoisotopic (exact) mass is 621 g/mol. The number of allylic oxidation sites excluding steroid dienone is 2. The standard InChI is InChI=1S/C31H25BrFNO7/c1-3-39-29(37)25-23(17-9-11-18(32)12-10-17)24-26(35)21-7-5-6-8-22(21)27(36)28(24)41-31(25,30(38)40-4-2)34-20-15-13-19(33)14-16-20/h5-16,23,25,34H,3-4H2,1-2H3/t23-,25-,31+/m1/s1. The van der Waals surface area contributed by atoms with E-state index in [0.29, 0.717) is 5.56 Å². The molecule has 1 aliphatic carbocycles. The summed E-state index contributed by atoms with van der Waals surface area (Å²) >= 11 is 3.40. The van der Waals surface area contributed by atoms with E-state index in [1.807, 2.05) is 0 Å². The molecule has 0 radical (unpaired) electrons. The van der Waals surface area contributed by atoms with Gasteiger partial charge in [-0.1, -0.05) is 52.3 Å². The number of Topliss-reactive ketones (excluding diaryl/α,β-unsaturated/α-hetero) is 2. The van der Waals surface area contributed by atoms with Crippen molar-refractivity contribution >= 4 is 45.1 Å². The molecule has 41 heavy (non-hydrogen) atoms. The molecule has 3 atom stereocenters. The van der Waals surface area contributed by atoms with E-state index in [9.17, 15) is 23.6 Å². The fraction of sp³-hybridized carbons (Fsp3) is 0.226. The van der Waals surface area contributed by atoms with Crippen LogP contribution in [0.1, 0.15) is 46.0 Å². The number of esters is 2. The van der Waals surface area contributed by atoms with E-state index >= 15 is 0 Å². The molecule has 0 amide bonds. The number of carbonyl (C=O) groups excluding carboxylic acids is 4. The minimum atomic E-state index is -2.38. The van der Waals surface area contributed by atoms with Crippen molar-refractivity contribution in [1.29, 1.82) is 0 Å². The molecule has 1 N–H and O–H groups in total. The van der Waals surface area contributed by atoms with E-state index in [1.165, 1.54) is 24.3 Å². The first-order valence-corrected chi connectivity index (χ1v) is 13.8. The van der Waals surface area contributed by atoms with Crippen molar-refractivity contribution in [3.05, 3.63) is 111 Å². The maximum atomic E-state index is 14.0. The van der Waals surface area contributed by atoms with E-state index in [-0.39, 0.29) is 41.4 Å². The maximum Gasteiger partial charge on any atom is 0.373 e. The largest absolute Gasteiger partial charge is 0.466 e. The Bertz CT molecular complexity index is 1570. The van der Waals surface area contributed by atoms with E-state index in [2.05, 4.69) is 21.2 Å². The first-order chi connectivity index (χ1) is 19.7. The van der Waals surface area contributed by atoms with Crippen molar-refractivity contribution in [3.63, 3.8) is 0 Å². The molecule has 0 unspecified atom stereocenters. The fourth-order valence-corrected chi connectivity index (χ4v) is 5.52. The molecule has 10 heteroatoms. The van der Waals surface area contributed by atoms with Gasteiger partial charge in [0, 0.05) is 27.2 Å². The van der Waals surface area contributed by atoms with Crippen LogP contribution in [0.3, 0.4) is 0 Å². The van der Waals surface area contributed by atoms with Gasteiger partial charge < -0.3 is 19.5 Å². The summed E-state index contributed by atoms with van der Waals surface area (Å²) in [6, 6.07) is 18.1. The van der Waals surface area contributed by atoms with Gasteiger partial charge in [-0.15, -0.1) is 0 Å². The van der Waals surface area contributed by atoms with Crippen molar-refractivity contribution in [3.8, 4) is 0 Å². The lowest BCUT2D eigenvalue weighted by Crippen LogP contribution is -2.63. The summed E-state index contributed by atoms with van der Waals surface area (Å²) in [4.78, 5) is 55.8. The van der Waals surface area contributed by atoms with Crippen LogP contribution in [0, 0.1) is 11.7 Å². The van der Waals surface area contributed by atoms with E-state index < -0.39 is 46.9 Å². The van der Waals surface area contributed by atoms with Crippen LogP contribution in [0.25, 0.3) is 0 Å². The molecule has 0 bridgehead atoms. The summed E-state index contributed by atoms with van der Waals surface area (Å²) in [6.07, 6.45) is 0. The van der Waals surface area contributed by atoms with Crippen LogP contribution in [0.5, 0.6) is 0 Å².